The number of hydrogen-bond acceptors (Lipinski definition) is 17. The molecule has 280 valence electrons. The Morgan fingerprint density at radius 1 is 0.661 bits per heavy atom. The number of nitrogen functional groups attached to an aromatic ring is 1. The van der Waals surface area contributed by atoms with Crippen LogP contribution in [0.25, 0.3) is 27.6 Å². The average molecular weight is 858 g/mol. The first-order valence-corrected chi connectivity index (χ1v) is 18.8. The zero-order chi connectivity index (χ0) is 39.9. The molecule has 0 aliphatic heterocycles. The molecule has 5 aromatic carbocycles. The number of nitrogens with one attached hydrogen (secondary N) is 2. The van der Waals surface area contributed by atoms with Crippen molar-refractivity contribution in [3.05, 3.63) is 125 Å². The molecule has 0 fully saturated rings. The Balaban J connectivity index is 0.00000256. The zero-order valence-electron chi connectivity index (χ0n) is 31.2. The Morgan fingerprint density at radius 3 is 1.90 bits per heavy atom. The van der Waals surface area contributed by atoms with Gasteiger partial charge >= 0.3 is 88.7 Å². The van der Waals surface area contributed by atoms with Crippen LogP contribution in [0.2, 0.25) is 0 Å². The summed E-state index contributed by atoms with van der Waals surface area (Å²) in [5, 5.41) is 29.7. The van der Waals surface area contributed by atoms with E-state index in [4.69, 9.17) is 5.73 Å². The number of anilines is 3. The zero-order valence-corrected chi connectivity index (χ0v) is 38.8. The number of nitrogens with zero attached hydrogens (tertiary/aromatic N) is 4. The number of nitrogens with two attached hydrogens (primary N) is 1. The first-order valence-electron chi connectivity index (χ1n) is 16.0. The molecule has 7 rings (SSSR count). The predicted octanol–water partition coefficient (Wildman–Crippen LogP) is -4.96. The van der Waals surface area contributed by atoms with Crippen molar-refractivity contribution < 1.29 is 134 Å². The number of carboxylic acids is 1. The summed E-state index contributed by atoms with van der Waals surface area (Å²) in [4.78, 5) is 35.0. The number of hydrogen-bond donors (Lipinski definition) is 3. The topological polar surface area (TPSA) is 288 Å². The quantitative estimate of drug-likeness (QED) is 0.0239. The van der Waals surface area contributed by atoms with Gasteiger partial charge in [0.05, 0.1) is 44.2 Å². The van der Waals surface area contributed by atoms with E-state index in [0.29, 0.717) is 33.2 Å². The van der Waals surface area contributed by atoms with Gasteiger partial charge in [-0.1, -0.05) is 30.3 Å². The van der Waals surface area contributed by atoms with Gasteiger partial charge in [0.1, 0.15) is 25.9 Å². The number of carbonyl (C=O) groups excluding carboxylic acids is 3. The third-order valence-electron chi connectivity index (χ3n) is 8.52. The maximum atomic E-state index is 13.3. The molecular weight excluding hydrogens is 836 g/mol. The number of carboxylic acid groups (broad SMARTS) is 1. The summed E-state index contributed by atoms with van der Waals surface area (Å²) in [6.07, 6.45) is 4.35. The van der Waals surface area contributed by atoms with E-state index in [1.54, 1.807) is 24.3 Å². The summed E-state index contributed by atoms with van der Waals surface area (Å²) in [5.74, 6) is -3.25. The first-order chi connectivity index (χ1) is 26.6. The average Bonchev–Trinajstić information content (AvgIpc) is 3.15. The van der Waals surface area contributed by atoms with Crippen LogP contribution in [0.3, 0.4) is 0 Å². The number of carbonyl (C=O) groups is 3. The van der Waals surface area contributed by atoms with Crippen molar-refractivity contribution in [3.8, 4) is 0 Å². The summed E-state index contributed by atoms with van der Waals surface area (Å²) < 4.78 is 72.4. The van der Waals surface area contributed by atoms with E-state index in [1.807, 2.05) is 0 Å². The number of ketones is 2. The molecule has 0 unspecified atom stereocenters. The van der Waals surface area contributed by atoms with Crippen molar-refractivity contribution in [1.29, 1.82) is 0 Å². The van der Waals surface area contributed by atoms with Crippen LogP contribution in [0.1, 0.15) is 15.9 Å². The maximum absolute atomic E-state index is 13.3. The van der Waals surface area contributed by atoms with Crippen molar-refractivity contribution in [2.24, 2.45) is 20.4 Å². The number of fused-ring (bicyclic) bond motifs is 3. The van der Waals surface area contributed by atoms with E-state index in [2.05, 4.69) is 31.3 Å². The smallest absolute Gasteiger partial charge is 0.744 e. The number of allylic oxidation sites excluding steroid dienone is 4. The van der Waals surface area contributed by atoms with Crippen LogP contribution >= 0.6 is 0 Å². The summed E-state index contributed by atoms with van der Waals surface area (Å²) in [6, 6.07) is 20.6. The second-order valence-electron chi connectivity index (χ2n) is 12.1. The molecule has 0 atom stereocenters. The molecule has 0 bridgehead atoms. The van der Waals surface area contributed by atoms with Gasteiger partial charge in [-0.2, -0.15) is 10.2 Å². The van der Waals surface area contributed by atoms with Crippen LogP contribution in [-0.2, 0) is 29.8 Å². The molecule has 0 spiro atoms. The first kappa shape index (κ1) is 47.5. The molecule has 0 heterocycles. The maximum Gasteiger partial charge on any atom is 1.00 e. The monoisotopic (exact) mass is 857 g/mol. The molecule has 0 saturated heterocycles. The Hall–Kier alpha value is -4.19. The Bertz CT molecular complexity index is 3020. The molecule has 2 aliphatic rings. The molecule has 5 aromatic rings. The Morgan fingerprint density at radius 2 is 1.27 bits per heavy atom. The molecule has 0 radical (unpaired) electrons. The molecule has 0 amide bonds. The van der Waals surface area contributed by atoms with Crippen molar-refractivity contribution in [2.45, 2.75) is 4.90 Å². The van der Waals surface area contributed by atoms with Gasteiger partial charge in [-0.25, -0.2) is 16.8 Å². The van der Waals surface area contributed by atoms with Crippen molar-refractivity contribution in [2.75, 3.05) is 16.6 Å². The van der Waals surface area contributed by atoms with Crippen molar-refractivity contribution in [3.63, 3.8) is 0 Å². The predicted molar refractivity (Wildman–Crippen MR) is 202 cm³/mol. The standard InChI is InChI=1S/C37H25N7O10S2.3Na/c38-20-5-8-23-19(15-20)16-34(56(52,53)54)35(36(23)46)44-43-30-11-10-29(24-3-1-2-4-25(24)30)41-42-32-13-12-31(26-9-7-22(18-27(26)32)55(49,50)51)40-39-21-6-14-33(45)28(17-21)37(47)48;;;/h1-18,40,43H,38H2,(H,47,48)(H,49,50,51)(H,52,53,54);;;/q;3*+1/p-3. The summed E-state index contributed by atoms with van der Waals surface area (Å²) in [6.45, 7) is 0. The van der Waals surface area contributed by atoms with Crippen LogP contribution in [0.15, 0.2) is 139 Å². The van der Waals surface area contributed by atoms with Crippen LogP contribution in [0.4, 0.5) is 28.4 Å². The van der Waals surface area contributed by atoms with Crippen molar-refractivity contribution >= 4 is 105 Å². The van der Waals surface area contributed by atoms with Gasteiger partial charge in [-0.3, -0.25) is 20.4 Å². The number of rotatable bonds is 9. The summed E-state index contributed by atoms with van der Waals surface area (Å²) in [5.41, 5.74) is 11.6. The minimum atomic E-state index is -5.14. The van der Waals surface area contributed by atoms with Gasteiger partial charge in [0.25, 0.3) is 0 Å². The largest absolute Gasteiger partial charge is 1.00 e. The van der Waals surface area contributed by atoms with Crippen LogP contribution < -0.4 is 110 Å². The number of Topliss-reactive ketones (excluding diaryl/α,β-unsaturated/α-hetero) is 1. The summed E-state index contributed by atoms with van der Waals surface area (Å²) in [7, 11) is -10.0. The second kappa shape index (κ2) is 19.0. The number of aliphatic carboxylic acids is 1. The van der Waals surface area contributed by atoms with Gasteiger partial charge in [0, 0.05) is 38.4 Å². The molecule has 22 heteroatoms. The molecular formula is C37H22N7Na3O10S2. The van der Waals surface area contributed by atoms with E-state index in [1.165, 1.54) is 54.6 Å². The number of azo groups is 1. The van der Waals surface area contributed by atoms with Gasteiger partial charge in [0.15, 0.2) is 5.78 Å². The van der Waals surface area contributed by atoms with E-state index < -0.39 is 58.9 Å². The van der Waals surface area contributed by atoms with E-state index in [9.17, 15) is 45.4 Å². The minimum absolute atomic E-state index is 0. The molecule has 4 N–H and O–H groups in total. The van der Waals surface area contributed by atoms with Gasteiger partial charge in [0.2, 0.25) is 5.78 Å². The van der Waals surface area contributed by atoms with Gasteiger partial charge in [-0.05, 0) is 84.5 Å². The van der Waals surface area contributed by atoms with Crippen LogP contribution in [-0.4, -0.2) is 54.9 Å². The summed E-state index contributed by atoms with van der Waals surface area (Å²) >= 11 is 0. The van der Waals surface area contributed by atoms with Gasteiger partial charge in [-0.15, -0.1) is 10.2 Å². The molecule has 59 heavy (non-hydrogen) atoms. The molecule has 0 saturated carbocycles. The molecule has 2 aliphatic carbocycles. The third kappa shape index (κ3) is 10.2. The normalized spacial score (nSPS) is 15.2. The fourth-order valence-electron chi connectivity index (χ4n) is 5.87. The Kier molecular flexibility index (Phi) is 15.3. The minimum Gasteiger partial charge on any atom is -0.744 e. The van der Waals surface area contributed by atoms with Crippen molar-refractivity contribution in [1.82, 2.24) is 0 Å². The number of benzene rings is 5. The number of hydrazone groups is 2. The van der Waals surface area contributed by atoms with Gasteiger partial charge < -0.3 is 24.7 Å². The second-order valence-corrected chi connectivity index (χ2v) is 14.8. The SMILES string of the molecule is Nc1ccc2c(c1)C=C(S(=O)(=O)[O-])C(=NNc1ccc(N=Nc3ccc(NN=C4C=CC(=O)C(C(=O)[O-])=C4)c4ccc(S(=O)(=O)[O-])cc34)c3ccccc13)C2=O.[Na+].[Na+].[Na+]. The van der Waals surface area contributed by atoms with E-state index in [0.717, 1.165) is 30.4 Å². The van der Waals surface area contributed by atoms with Crippen LogP contribution in [0, 0.1) is 0 Å². The fourth-order valence-corrected chi connectivity index (χ4v) is 7.01. The Labute approximate surface area is 401 Å². The van der Waals surface area contributed by atoms with Crippen LogP contribution in [0.5, 0.6) is 0 Å². The fraction of sp³-hybridized carbons (Fsp3) is 0. The third-order valence-corrected chi connectivity index (χ3v) is 10.2. The molecule has 17 nitrogen and oxygen atoms in total. The van der Waals surface area contributed by atoms with E-state index >= 15 is 0 Å². The van der Waals surface area contributed by atoms with E-state index in [-0.39, 0.29) is 122 Å². The molecule has 0 aromatic heterocycles.